The van der Waals surface area contributed by atoms with Crippen molar-refractivity contribution in [2.75, 3.05) is 19.8 Å². The summed E-state index contributed by atoms with van der Waals surface area (Å²) in [4.78, 5) is 2.08. The van der Waals surface area contributed by atoms with Gasteiger partial charge in [0.15, 0.2) is 0 Å². The highest BCUT2D eigenvalue weighted by atomic mass is 16.3. The number of aliphatic hydroxyl groups is 1. The summed E-state index contributed by atoms with van der Waals surface area (Å²) in [7, 11) is 0. The van der Waals surface area contributed by atoms with E-state index in [4.69, 9.17) is 5.11 Å². The average Bonchev–Trinajstić information content (AvgIpc) is 2.67. The first kappa shape index (κ1) is 8.73. The second-order valence-electron chi connectivity index (χ2n) is 3.61. The molecule has 1 aromatic rings. The van der Waals surface area contributed by atoms with E-state index in [1.165, 1.54) is 12.0 Å². The zero-order chi connectivity index (χ0) is 9.10. The third kappa shape index (κ3) is 1.90. The van der Waals surface area contributed by atoms with Gasteiger partial charge in [-0.05, 0) is 17.9 Å². The summed E-state index contributed by atoms with van der Waals surface area (Å²) in [5, 5.41) is 8.96. The number of benzene rings is 1. The highest BCUT2D eigenvalue weighted by molar-refractivity contribution is 5.20. The molecule has 2 heteroatoms. The molecule has 13 heavy (non-hydrogen) atoms. The first-order valence-corrected chi connectivity index (χ1v) is 4.78. The van der Waals surface area contributed by atoms with E-state index in [1.54, 1.807) is 0 Å². The van der Waals surface area contributed by atoms with Crippen LogP contribution in [-0.4, -0.2) is 29.8 Å². The molecular weight excluding hydrogens is 162 g/mol. The summed E-state index contributed by atoms with van der Waals surface area (Å²) >= 11 is 0. The Balaban J connectivity index is 2.04. The van der Waals surface area contributed by atoms with Gasteiger partial charge in [-0.15, -0.1) is 0 Å². The van der Waals surface area contributed by atoms with Gasteiger partial charge >= 0.3 is 0 Å². The minimum absolute atomic E-state index is 0.198. The fraction of sp³-hybridized carbons (Fsp3) is 0.455. The average molecular weight is 177 g/mol. The Morgan fingerprint density at radius 2 is 2.08 bits per heavy atom. The molecule has 1 aliphatic rings. The molecule has 1 aliphatic heterocycles. The van der Waals surface area contributed by atoms with Gasteiger partial charge in [-0.25, -0.2) is 0 Å². The lowest BCUT2D eigenvalue weighted by Crippen LogP contribution is -2.20. The molecule has 1 saturated heterocycles. The van der Waals surface area contributed by atoms with Crippen molar-refractivity contribution in [2.24, 2.45) is 0 Å². The molecule has 1 aromatic carbocycles. The van der Waals surface area contributed by atoms with Crippen LogP contribution in [0.4, 0.5) is 0 Å². The first-order chi connectivity index (χ1) is 6.40. The van der Waals surface area contributed by atoms with Crippen LogP contribution < -0.4 is 0 Å². The zero-order valence-electron chi connectivity index (χ0n) is 7.69. The van der Waals surface area contributed by atoms with Crippen LogP contribution in [0, 0.1) is 0 Å². The lowest BCUT2D eigenvalue weighted by molar-refractivity contribution is 0.130. The fourth-order valence-corrected chi connectivity index (χ4v) is 1.96. The van der Waals surface area contributed by atoms with Gasteiger partial charge in [-0.2, -0.15) is 0 Å². The Bertz CT molecular complexity index is 260. The number of hydrogen-bond donors (Lipinski definition) is 1. The molecule has 1 heterocycles. The lowest BCUT2D eigenvalue weighted by Gasteiger charge is -2.12. The molecule has 1 atom stereocenters. The largest absolute Gasteiger partial charge is 0.381 e. The molecule has 1 fully saturated rings. The monoisotopic (exact) mass is 177 g/mol. The molecule has 0 radical (unpaired) electrons. The SMILES string of the molecule is OCN1CC[C@H](c2ccccc2)C1. The summed E-state index contributed by atoms with van der Waals surface area (Å²) in [6.07, 6.45) is 1.17. The van der Waals surface area contributed by atoms with Crippen molar-refractivity contribution in [3.63, 3.8) is 0 Å². The highest BCUT2D eigenvalue weighted by Crippen LogP contribution is 2.26. The number of nitrogens with zero attached hydrogens (tertiary/aromatic N) is 1. The molecule has 0 amide bonds. The summed E-state index contributed by atoms with van der Waals surface area (Å²) in [6.45, 7) is 2.22. The molecule has 0 bridgehead atoms. The predicted molar refractivity (Wildman–Crippen MR) is 52.5 cm³/mol. The number of rotatable bonds is 2. The van der Waals surface area contributed by atoms with E-state index < -0.39 is 0 Å². The minimum atomic E-state index is 0.198. The van der Waals surface area contributed by atoms with E-state index >= 15 is 0 Å². The van der Waals surface area contributed by atoms with Crippen molar-refractivity contribution in [3.05, 3.63) is 35.9 Å². The van der Waals surface area contributed by atoms with Crippen molar-refractivity contribution < 1.29 is 5.11 Å². The van der Waals surface area contributed by atoms with E-state index in [1.807, 2.05) is 6.07 Å². The predicted octanol–water partition coefficient (Wildman–Crippen LogP) is 1.43. The third-order valence-corrected chi connectivity index (χ3v) is 2.74. The van der Waals surface area contributed by atoms with Gasteiger partial charge in [0.05, 0.1) is 6.73 Å². The second-order valence-corrected chi connectivity index (χ2v) is 3.61. The lowest BCUT2D eigenvalue weighted by atomic mass is 9.99. The van der Waals surface area contributed by atoms with Crippen molar-refractivity contribution in [1.82, 2.24) is 4.90 Å². The van der Waals surface area contributed by atoms with Gasteiger partial charge in [0, 0.05) is 13.1 Å². The maximum absolute atomic E-state index is 8.96. The topological polar surface area (TPSA) is 23.5 Å². The van der Waals surface area contributed by atoms with Gasteiger partial charge in [-0.1, -0.05) is 30.3 Å². The smallest absolute Gasteiger partial charge is 0.0956 e. The van der Waals surface area contributed by atoms with Crippen molar-refractivity contribution >= 4 is 0 Å². The van der Waals surface area contributed by atoms with Crippen LogP contribution in [0.3, 0.4) is 0 Å². The van der Waals surface area contributed by atoms with Crippen LogP contribution in [0.1, 0.15) is 17.9 Å². The summed E-state index contributed by atoms with van der Waals surface area (Å²) < 4.78 is 0. The molecule has 2 rings (SSSR count). The van der Waals surface area contributed by atoms with Gasteiger partial charge in [-0.3, -0.25) is 4.90 Å². The minimum Gasteiger partial charge on any atom is -0.381 e. The van der Waals surface area contributed by atoms with Crippen LogP contribution >= 0.6 is 0 Å². The Morgan fingerprint density at radius 1 is 1.31 bits per heavy atom. The summed E-state index contributed by atoms with van der Waals surface area (Å²) in [5.41, 5.74) is 1.40. The third-order valence-electron chi connectivity index (χ3n) is 2.74. The highest BCUT2D eigenvalue weighted by Gasteiger charge is 2.22. The Labute approximate surface area is 78.8 Å². The van der Waals surface area contributed by atoms with Gasteiger partial charge in [0.2, 0.25) is 0 Å². The number of aliphatic hydroxyl groups excluding tert-OH is 1. The summed E-state index contributed by atoms with van der Waals surface area (Å²) in [6, 6.07) is 10.5. The van der Waals surface area contributed by atoms with Crippen LogP contribution in [0.5, 0.6) is 0 Å². The molecule has 0 aromatic heterocycles. The van der Waals surface area contributed by atoms with Gasteiger partial charge in [0.1, 0.15) is 0 Å². The van der Waals surface area contributed by atoms with E-state index in [-0.39, 0.29) is 6.73 Å². The zero-order valence-corrected chi connectivity index (χ0v) is 7.69. The van der Waals surface area contributed by atoms with E-state index in [0.29, 0.717) is 5.92 Å². The molecule has 1 N–H and O–H groups in total. The van der Waals surface area contributed by atoms with Crippen LogP contribution in [0.2, 0.25) is 0 Å². The molecule has 0 saturated carbocycles. The van der Waals surface area contributed by atoms with Gasteiger partial charge < -0.3 is 5.11 Å². The fourth-order valence-electron chi connectivity index (χ4n) is 1.96. The van der Waals surface area contributed by atoms with E-state index in [9.17, 15) is 0 Å². The molecule has 0 aliphatic carbocycles. The molecule has 70 valence electrons. The number of likely N-dealkylation sites (tertiary alicyclic amines) is 1. The quantitative estimate of drug-likeness (QED) is 0.738. The Morgan fingerprint density at radius 3 is 2.69 bits per heavy atom. The van der Waals surface area contributed by atoms with Crippen LogP contribution in [0.15, 0.2) is 30.3 Å². The standard InChI is InChI=1S/C11H15NO/c13-9-12-7-6-11(8-12)10-4-2-1-3-5-10/h1-5,11,13H,6-9H2/t11-/m0/s1. The summed E-state index contributed by atoms with van der Waals surface area (Å²) in [5.74, 6) is 0.619. The van der Waals surface area contributed by atoms with Gasteiger partial charge in [0.25, 0.3) is 0 Å². The molecule has 0 unspecified atom stereocenters. The van der Waals surface area contributed by atoms with E-state index in [2.05, 4.69) is 29.2 Å². The maximum Gasteiger partial charge on any atom is 0.0956 e. The molecule has 0 spiro atoms. The van der Waals surface area contributed by atoms with Crippen molar-refractivity contribution in [3.8, 4) is 0 Å². The van der Waals surface area contributed by atoms with Crippen LogP contribution in [0.25, 0.3) is 0 Å². The second kappa shape index (κ2) is 3.90. The molecular formula is C11H15NO. The Hall–Kier alpha value is -0.860. The number of hydrogen-bond acceptors (Lipinski definition) is 2. The first-order valence-electron chi connectivity index (χ1n) is 4.78. The normalized spacial score (nSPS) is 23.6. The maximum atomic E-state index is 8.96. The van der Waals surface area contributed by atoms with Crippen molar-refractivity contribution in [2.45, 2.75) is 12.3 Å². The molecule has 2 nitrogen and oxygen atoms in total. The Kier molecular flexibility index (Phi) is 2.62. The van der Waals surface area contributed by atoms with Crippen molar-refractivity contribution in [1.29, 1.82) is 0 Å². The van der Waals surface area contributed by atoms with Crippen LogP contribution in [-0.2, 0) is 0 Å². The van der Waals surface area contributed by atoms with E-state index in [0.717, 1.165) is 13.1 Å².